The molecule has 1 amide bonds. The smallest absolute Gasteiger partial charge is 0.248 e. The molecule has 0 saturated carbocycles. The first kappa shape index (κ1) is 17.1. The van der Waals surface area contributed by atoms with E-state index in [1.165, 1.54) is 6.08 Å². The summed E-state index contributed by atoms with van der Waals surface area (Å²) in [4.78, 5) is 12.0. The van der Waals surface area contributed by atoms with Crippen molar-refractivity contribution in [1.29, 1.82) is 0 Å². The van der Waals surface area contributed by atoms with Crippen LogP contribution in [0.15, 0.2) is 65.1 Å². The quantitative estimate of drug-likeness (QED) is 0.597. The Morgan fingerprint density at radius 2 is 1.84 bits per heavy atom. The Bertz CT molecular complexity index is 941. The van der Waals surface area contributed by atoms with Gasteiger partial charge < -0.3 is 9.73 Å². The molecule has 4 heteroatoms. The van der Waals surface area contributed by atoms with Gasteiger partial charge in [-0.15, -0.1) is 0 Å². The van der Waals surface area contributed by atoms with Crippen molar-refractivity contribution in [2.75, 3.05) is 5.32 Å². The molecule has 0 fully saturated rings. The maximum atomic E-state index is 12.0. The molecule has 3 nitrogen and oxygen atoms in total. The van der Waals surface area contributed by atoms with Crippen molar-refractivity contribution in [3.05, 3.63) is 82.6 Å². The van der Waals surface area contributed by atoms with Gasteiger partial charge >= 0.3 is 0 Å². The van der Waals surface area contributed by atoms with Crippen molar-refractivity contribution in [3.8, 4) is 11.3 Å². The molecule has 0 radical (unpaired) electrons. The number of rotatable bonds is 4. The van der Waals surface area contributed by atoms with E-state index in [4.69, 9.17) is 16.0 Å². The van der Waals surface area contributed by atoms with Crippen LogP contribution in [0.2, 0.25) is 5.02 Å². The van der Waals surface area contributed by atoms with Crippen LogP contribution in [0.25, 0.3) is 17.4 Å². The van der Waals surface area contributed by atoms with Crippen LogP contribution in [-0.2, 0) is 4.79 Å². The Balaban J connectivity index is 1.70. The van der Waals surface area contributed by atoms with Crippen LogP contribution in [0.1, 0.15) is 16.9 Å². The fourth-order valence-electron chi connectivity index (χ4n) is 2.39. The molecular weight excluding hydrogens is 334 g/mol. The summed E-state index contributed by atoms with van der Waals surface area (Å²) in [6.45, 7) is 3.90. The maximum absolute atomic E-state index is 12.0. The molecule has 1 aromatic heterocycles. The number of para-hydroxylation sites is 1. The van der Waals surface area contributed by atoms with E-state index in [1.54, 1.807) is 6.08 Å². The third-order valence-electron chi connectivity index (χ3n) is 3.89. The predicted octanol–water partition coefficient (Wildman–Crippen LogP) is 5.87. The van der Waals surface area contributed by atoms with Gasteiger partial charge in [0.1, 0.15) is 11.5 Å². The lowest BCUT2D eigenvalue weighted by atomic mass is 10.1. The first-order valence-corrected chi connectivity index (χ1v) is 8.32. The molecule has 0 atom stereocenters. The summed E-state index contributed by atoms with van der Waals surface area (Å²) >= 11 is 6.15. The zero-order valence-corrected chi connectivity index (χ0v) is 14.8. The van der Waals surface area contributed by atoms with E-state index in [2.05, 4.69) is 5.32 Å². The standard InChI is InChI=1S/C21H18ClNO2/c1-14-7-8-16(13-18(14)22)20-11-9-17(25-20)10-12-21(24)23-19-6-4-3-5-15(19)2/h3-13H,1-2H3,(H,23,24)/b12-10+. The van der Waals surface area contributed by atoms with E-state index in [0.29, 0.717) is 16.5 Å². The number of aryl methyl sites for hydroxylation is 2. The Kier molecular flexibility index (Phi) is 5.05. The van der Waals surface area contributed by atoms with Gasteiger partial charge in [-0.2, -0.15) is 0 Å². The molecule has 0 saturated heterocycles. The van der Waals surface area contributed by atoms with Gasteiger partial charge in [-0.05, 0) is 55.3 Å². The van der Waals surface area contributed by atoms with Gasteiger partial charge in [0, 0.05) is 22.3 Å². The average Bonchev–Trinajstić information content (AvgIpc) is 3.07. The van der Waals surface area contributed by atoms with Crippen molar-refractivity contribution in [2.45, 2.75) is 13.8 Å². The van der Waals surface area contributed by atoms with Crippen LogP contribution in [0.3, 0.4) is 0 Å². The zero-order chi connectivity index (χ0) is 17.8. The SMILES string of the molecule is Cc1ccc(-c2ccc(/C=C/C(=O)Nc3ccccc3C)o2)cc1Cl. The minimum Gasteiger partial charge on any atom is -0.457 e. The second kappa shape index (κ2) is 7.41. The maximum Gasteiger partial charge on any atom is 0.248 e. The number of hydrogen-bond acceptors (Lipinski definition) is 2. The largest absolute Gasteiger partial charge is 0.457 e. The van der Waals surface area contributed by atoms with E-state index < -0.39 is 0 Å². The summed E-state index contributed by atoms with van der Waals surface area (Å²) < 4.78 is 5.76. The number of furan rings is 1. The molecule has 1 N–H and O–H groups in total. The summed E-state index contributed by atoms with van der Waals surface area (Å²) in [7, 11) is 0. The van der Waals surface area contributed by atoms with Crippen LogP contribution in [-0.4, -0.2) is 5.91 Å². The van der Waals surface area contributed by atoms with Gasteiger partial charge in [0.2, 0.25) is 5.91 Å². The summed E-state index contributed by atoms with van der Waals surface area (Å²) in [6.07, 6.45) is 3.10. The number of halogens is 1. The Morgan fingerprint density at radius 1 is 1.04 bits per heavy atom. The summed E-state index contributed by atoms with van der Waals surface area (Å²) in [6, 6.07) is 17.1. The molecule has 3 aromatic rings. The molecule has 0 aliphatic rings. The molecule has 2 aromatic carbocycles. The van der Waals surface area contributed by atoms with E-state index in [9.17, 15) is 4.79 Å². The minimum absolute atomic E-state index is 0.203. The highest BCUT2D eigenvalue weighted by Crippen LogP contribution is 2.27. The third kappa shape index (κ3) is 4.20. The second-order valence-corrected chi connectivity index (χ2v) is 6.21. The van der Waals surface area contributed by atoms with Gasteiger partial charge in [0.15, 0.2) is 0 Å². The van der Waals surface area contributed by atoms with E-state index in [1.807, 2.05) is 68.4 Å². The van der Waals surface area contributed by atoms with Gasteiger partial charge in [0.25, 0.3) is 0 Å². The minimum atomic E-state index is -0.203. The van der Waals surface area contributed by atoms with Crippen LogP contribution >= 0.6 is 11.6 Å². The van der Waals surface area contributed by atoms with Crippen LogP contribution < -0.4 is 5.32 Å². The predicted molar refractivity (Wildman–Crippen MR) is 103 cm³/mol. The van der Waals surface area contributed by atoms with E-state index in [0.717, 1.165) is 22.4 Å². The normalized spacial score (nSPS) is 11.0. The molecule has 3 rings (SSSR count). The highest BCUT2D eigenvalue weighted by atomic mass is 35.5. The average molecular weight is 352 g/mol. The van der Waals surface area contributed by atoms with Crippen LogP contribution in [0.4, 0.5) is 5.69 Å². The van der Waals surface area contributed by atoms with E-state index in [-0.39, 0.29) is 5.91 Å². The van der Waals surface area contributed by atoms with Gasteiger partial charge in [-0.25, -0.2) is 0 Å². The van der Waals surface area contributed by atoms with Crippen molar-refractivity contribution in [2.24, 2.45) is 0 Å². The number of anilines is 1. The molecule has 0 aliphatic heterocycles. The van der Waals surface area contributed by atoms with Crippen LogP contribution in [0.5, 0.6) is 0 Å². The van der Waals surface area contributed by atoms with Crippen molar-refractivity contribution in [1.82, 2.24) is 0 Å². The summed E-state index contributed by atoms with van der Waals surface area (Å²) in [5.74, 6) is 1.11. The number of nitrogens with one attached hydrogen (secondary N) is 1. The Hall–Kier alpha value is -2.78. The highest BCUT2D eigenvalue weighted by molar-refractivity contribution is 6.31. The monoisotopic (exact) mass is 351 g/mol. The molecule has 0 unspecified atom stereocenters. The Labute approximate surface area is 151 Å². The molecular formula is C21H18ClNO2. The molecule has 0 aliphatic carbocycles. The first-order valence-electron chi connectivity index (χ1n) is 7.94. The lowest BCUT2D eigenvalue weighted by molar-refractivity contribution is -0.111. The van der Waals surface area contributed by atoms with Crippen molar-refractivity contribution < 1.29 is 9.21 Å². The highest BCUT2D eigenvalue weighted by Gasteiger charge is 2.06. The first-order chi connectivity index (χ1) is 12.0. The van der Waals surface area contributed by atoms with E-state index >= 15 is 0 Å². The number of carbonyl (C=O) groups excluding carboxylic acids is 1. The third-order valence-corrected chi connectivity index (χ3v) is 4.29. The van der Waals surface area contributed by atoms with Crippen molar-refractivity contribution >= 4 is 29.3 Å². The summed E-state index contributed by atoms with van der Waals surface area (Å²) in [5, 5.41) is 3.55. The lowest BCUT2D eigenvalue weighted by Crippen LogP contribution is -2.08. The van der Waals surface area contributed by atoms with Crippen molar-refractivity contribution in [3.63, 3.8) is 0 Å². The van der Waals surface area contributed by atoms with Gasteiger partial charge in [-0.1, -0.05) is 41.9 Å². The zero-order valence-electron chi connectivity index (χ0n) is 14.0. The van der Waals surface area contributed by atoms with Gasteiger partial charge in [0.05, 0.1) is 0 Å². The Morgan fingerprint density at radius 3 is 2.60 bits per heavy atom. The molecule has 1 heterocycles. The fourth-order valence-corrected chi connectivity index (χ4v) is 2.57. The number of amides is 1. The molecule has 0 bridgehead atoms. The number of benzene rings is 2. The number of hydrogen-bond donors (Lipinski definition) is 1. The lowest BCUT2D eigenvalue weighted by Gasteiger charge is -2.04. The molecule has 25 heavy (non-hydrogen) atoms. The van der Waals surface area contributed by atoms with Crippen LogP contribution in [0, 0.1) is 13.8 Å². The second-order valence-electron chi connectivity index (χ2n) is 5.80. The fraction of sp³-hybridized carbons (Fsp3) is 0.0952. The molecule has 0 spiro atoms. The number of carbonyl (C=O) groups is 1. The topological polar surface area (TPSA) is 42.2 Å². The molecule has 126 valence electrons. The van der Waals surface area contributed by atoms with Gasteiger partial charge in [-0.3, -0.25) is 4.79 Å². The summed E-state index contributed by atoms with van der Waals surface area (Å²) in [5.41, 5.74) is 3.73.